The van der Waals surface area contributed by atoms with Gasteiger partial charge in [-0.05, 0) is 75.9 Å². The van der Waals surface area contributed by atoms with Crippen LogP contribution in [0.2, 0.25) is 0 Å². The van der Waals surface area contributed by atoms with E-state index in [1.54, 1.807) is 0 Å². The summed E-state index contributed by atoms with van der Waals surface area (Å²) in [6.45, 7) is 0. The summed E-state index contributed by atoms with van der Waals surface area (Å²) in [5, 5.41) is 13.5. The minimum absolute atomic E-state index is 0.918. The van der Waals surface area contributed by atoms with E-state index in [0.29, 0.717) is 0 Å². The van der Waals surface area contributed by atoms with Gasteiger partial charge in [-0.1, -0.05) is 231 Å². The highest BCUT2D eigenvalue weighted by Crippen LogP contribution is 2.32. The molecule has 0 atom stereocenters. The molecule has 0 saturated heterocycles. The van der Waals surface area contributed by atoms with Gasteiger partial charge < -0.3 is 0 Å². The lowest BCUT2D eigenvalue weighted by Crippen LogP contribution is -2.72. The molecule has 0 aliphatic carbocycles. The van der Waals surface area contributed by atoms with Crippen LogP contribution < -0.4 is 41.5 Å². The number of nitrogens with zero attached hydrogens (tertiary/aromatic N) is 2. The highest BCUT2D eigenvalue weighted by molar-refractivity contribution is 7.23. The predicted octanol–water partition coefficient (Wildman–Crippen LogP) is 8.83. The first-order valence-electron chi connectivity index (χ1n) is 22.1. The van der Waals surface area contributed by atoms with Gasteiger partial charge in [0.05, 0.1) is 22.4 Å². The summed E-state index contributed by atoms with van der Waals surface area (Å²) in [6, 6.07) is 90.2. The lowest BCUT2D eigenvalue weighted by atomic mass is 10.1. The number of fused-ring (bicyclic) bond motifs is 9. The quantitative estimate of drug-likeness (QED) is 0.124. The van der Waals surface area contributed by atoms with E-state index in [4.69, 9.17) is 9.97 Å². The average Bonchev–Trinajstić information content (AvgIpc) is 3.85. The third-order valence-electron chi connectivity index (χ3n) is 14.1. The second-order valence-electron chi connectivity index (χ2n) is 17.2. The second-order valence-corrected chi connectivity index (χ2v) is 24.6. The zero-order valence-corrected chi connectivity index (χ0v) is 37.0. The number of rotatable bonds is 6. The molecule has 2 aromatic heterocycles. The first-order chi connectivity index (χ1) is 31.7. The van der Waals surface area contributed by atoms with Crippen molar-refractivity contribution >= 4 is 79.4 Å². The fourth-order valence-electron chi connectivity index (χ4n) is 11.3. The minimum atomic E-state index is -2.56. The Morgan fingerprint density at radius 2 is 0.516 bits per heavy atom. The lowest BCUT2D eigenvalue weighted by Gasteiger charge is -2.31. The Bertz CT molecular complexity index is 3270. The molecule has 2 aliphatic rings. The van der Waals surface area contributed by atoms with E-state index in [-0.39, 0.29) is 0 Å². The zero-order valence-electron chi connectivity index (χ0n) is 35.0. The molecule has 4 heteroatoms. The van der Waals surface area contributed by atoms with Gasteiger partial charge in [-0.3, -0.25) is 0 Å². The van der Waals surface area contributed by atoms with Crippen molar-refractivity contribution in [1.29, 1.82) is 0 Å². The maximum atomic E-state index is 5.39. The molecular weight excluding hydrogens is 805 g/mol. The van der Waals surface area contributed by atoms with Crippen molar-refractivity contribution in [2.45, 2.75) is 0 Å². The molecule has 0 unspecified atom stereocenters. The van der Waals surface area contributed by atoms with Crippen LogP contribution in [-0.4, -0.2) is 26.1 Å². The normalized spacial score (nSPS) is 13.9. The van der Waals surface area contributed by atoms with Crippen molar-refractivity contribution in [2.75, 3.05) is 0 Å². The molecule has 0 N–H and O–H groups in total. The Morgan fingerprint density at radius 3 is 0.859 bits per heavy atom. The van der Waals surface area contributed by atoms with Crippen molar-refractivity contribution < 1.29 is 0 Å². The average molecular weight is 845 g/mol. The van der Waals surface area contributed by atoms with Crippen molar-refractivity contribution in [3.05, 3.63) is 243 Å². The SMILES string of the molecule is c1ccc([Si]2(c3ccc(-c4ccc5ccc6ccc(-c7ccc([Si]8(c9ccccc9)c9ccccc9-c9ccccc98)cc7)nc6c5n4)cc3)c3ccccc3-c3ccccc32)cc1. The molecule has 2 aliphatic heterocycles. The molecule has 64 heavy (non-hydrogen) atoms. The molecule has 9 aromatic carbocycles. The van der Waals surface area contributed by atoms with Crippen LogP contribution in [0.3, 0.4) is 0 Å². The lowest BCUT2D eigenvalue weighted by molar-refractivity contribution is 1.37. The number of hydrogen-bond acceptors (Lipinski definition) is 2. The summed E-state index contributed by atoms with van der Waals surface area (Å²) in [5.74, 6) is 0. The summed E-state index contributed by atoms with van der Waals surface area (Å²) in [6.07, 6.45) is 0. The highest BCUT2D eigenvalue weighted by atomic mass is 28.3. The van der Waals surface area contributed by atoms with Crippen LogP contribution >= 0.6 is 0 Å². The van der Waals surface area contributed by atoms with Crippen molar-refractivity contribution in [1.82, 2.24) is 9.97 Å². The van der Waals surface area contributed by atoms with Gasteiger partial charge in [-0.2, -0.15) is 0 Å². The van der Waals surface area contributed by atoms with Crippen LogP contribution in [0.4, 0.5) is 0 Å². The fourth-order valence-corrected chi connectivity index (χ4v) is 21.6. The molecule has 4 heterocycles. The van der Waals surface area contributed by atoms with Crippen molar-refractivity contribution in [3.8, 4) is 44.8 Å². The Kier molecular flexibility index (Phi) is 8.29. The van der Waals surface area contributed by atoms with E-state index in [9.17, 15) is 0 Å². The molecule has 0 bridgehead atoms. The van der Waals surface area contributed by atoms with E-state index in [1.807, 2.05) is 0 Å². The molecule has 13 rings (SSSR count). The monoisotopic (exact) mass is 844 g/mol. The van der Waals surface area contributed by atoms with Crippen LogP contribution in [-0.2, 0) is 0 Å². The van der Waals surface area contributed by atoms with Crippen LogP contribution in [0, 0.1) is 0 Å². The van der Waals surface area contributed by atoms with Gasteiger partial charge in [0.1, 0.15) is 0 Å². The molecule has 11 aromatic rings. The third-order valence-corrected chi connectivity index (χ3v) is 23.8. The number of aromatic nitrogens is 2. The minimum Gasteiger partial charge on any atom is -0.245 e. The fraction of sp³-hybridized carbons (Fsp3) is 0. The Balaban J connectivity index is 0.899. The van der Waals surface area contributed by atoms with E-state index >= 15 is 0 Å². The molecule has 0 radical (unpaired) electrons. The molecule has 0 saturated carbocycles. The highest BCUT2D eigenvalue weighted by Gasteiger charge is 2.49. The molecular formula is C60H40N2Si2. The van der Waals surface area contributed by atoms with Gasteiger partial charge >= 0.3 is 0 Å². The number of pyridine rings is 2. The smallest absolute Gasteiger partial charge is 0.180 e. The predicted molar refractivity (Wildman–Crippen MR) is 273 cm³/mol. The van der Waals surface area contributed by atoms with Gasteiger partial charge in [-0.15, -0.1) is 0 Å². The van der Waals surface area contributed by atoms with Crippen molar-refractivity contribution in [2.24, 2.45) is 0 Å². The van der Waals surface area contributed by atoms with E-state index in [0.717, 1.165) is 44.3 Å². The maximum Gasteiger partial charge on any atom is 0.180 e. The van der Waals surface area contributed by atoms with Gasteiger partial charge in [0.25, 0.3) is 0 Å². The topological polar surface area (TPSA) is 25.8 Å². The number of hydrogen-bond donors (Lipinski definition) is 0. The largest absolute Gasteiger partial charge is 0.245 e. The van der Waals surface area contributed by atoms with Crippen molar-refractivity contribution in [3.63, 3.8) is 0 Å². The Hall–Kier alpha value is -7.77. The first-order valence-corrected chi connectivity index (χ1v) is 26.1. The van der Waals surface area contributed by atoms with E-state index < -0.39 is 16.1 Å². The Morgan fingerprint density at radius 1 is 0.234 bits per heavy atom. The molecule has 2 nitrogen and oxygen atoms in total. The number of benzene rings is 9. The van der Waals surface area contributed by atoms with Crippen LogP contribution in [0.25, 0.3) is 66.6 Å². The zero-order chi connectivity index (χ0) is 42.2. The van der Waals surface area contributed by atoms with Gasteiger partial charge in [-0.25, -0.2) is 9.97 Å². The standard InChI is InChI=1S/C60H40N2Si2/c1-3-15-45(16-4-1)63(55-23-11-7-19-49(55)50-20-8-12-24-56(50)63)47-35-29-41(30-36-47)53-39-33-43-27-28-44-34-40-54(62-60(44)59(43)61-53)42-31-37-48(38-32-42)64(46-17-5-2-6-18-46)57-25-13-9-21-51(57)52-22-10-14-26-58(52)64/h1-40H. The first kappa shape index (κ1) is 36.8. The second kappa shape index (κ2) is 14.4. The maximum absolute atomic E-state index is 5.39. The van der Waals surface area contributed by atoms with Crippen LogP contribution in [0.5, 0.6) is 0 Å². The molecule has 0 amide bonds. The summed E-state index contributed by atoms with van der Waals surface area (Å²) in [7, 11) is -5.12. The summed E-state index contributed by atoms with van der Waals surface area (Å²) in [4.78, 5) is 10.8. The Labute approximate surface area is 374 Å². The third kappa shape index (κ3) is 5.24. The summed E-state index contributed by atoms with van der Waals surface area (Å²) < 4.78 is 0. The van der Waals surface area contributed by atoms with E-state index in [1.165, 1.54) is 63.7 Å². The van der Waals surface area contributed by atoms with Gasteiger partial charge in [0.2, 0.25) is 0 Å². The molecule has 0 fully saturated rings. The van der Waals surface area contributed by atoms with Crippen LogP contribution in [0.15, 0.2) is 243 Å². The van der Waals surface area contributed by atoms with Gasteiger partial charge in [0.15, 0.2) is 16.1 Å². The molecule has 0 spiro atoms. The van der Waals surface area contributed by atoms with Crippen LogP contribution in [0.1, 0.15) is 0 Å². The summed E-state index contributed by atoms with van der Waals surface area (Å²) >= 11 is 0. The molecule has 298 valence electrons. The van der Waals surface area contributed by atoms with E-state index in [2.05, 4.69) is 243 Å². The summed E-state index contributed by atoms with van der Waals surface area (Å²) in [5.41, 5.74) is 11.3. The van der Waals surface area contributed by atoms with Gasteiger partial charge in [0, 0.05) is 21.9 Å².